The molecule has 0 saturated carbocycles. The molecular weight excluding hydrogens is 206 g/mol. The van der Waals surface area contributed by atoms with Crippen LogP contribution in [0.25, 0.3) is 0 Å². The fourth-order valence-corrected chi connectivity index (χ4v) is 3.22. The molecule has 0 bridgehead atoms. The highest BCUT2D eigenvalue weighted by atomic mass is 32.2. The number of rotatable bonds is 3. The summed E-state index contributed by atoms with van der Waals surface area (Å²) in [6.07, 6.45) is 4.46. The minimum Gasteiger partial charge on any atom is -0.306 e. The van der Waals surface area contributed by atoms with Crippen molar-refractivity contribution in [2.24, 2.45) is 7.05 Å². The van der Waals surface area contributed by atoms with Crippen LogP contribution in [-0.2, 0) is 7.05 Å². The van der Waals surface area contributed by atoms with Gasteiger partial charge in [-0.2, -0.15) is 16.9 Å². The summed E-state index contributed by atoms with van der Waals surface area (Å²) in [6.45, 7) is 2.22. The molecule has 1 aromatic heterocycles. The SMILES string of the molecule is CC(NC1CCSCC1)c1ccnn1C. The third-order valence-electron chi connectivity index (χ3n) is 3.01. The van der Waals surface area contributed by atoms with Crippen LogP contribution in [0.5, 0.6) is 0 Å². The molecule has 15 heavy (non-hydrogen) atoms. The average molecular weight is 225 g/mol. The Morgan fingerprint density at radius 3 is 2.87 bits per heavy atom. The molecule has 0 spiro atoms. The Morgan fingerprint density at radius 2 is 2.27 bits per heavy atom. The molecule has 3 nitrogen and oxygen atoms in total. The molecule has 1 aliphatic heterocycles. The molecule has 1 N–H and O–H groups in total. The number of thioether (sulfide) groups is 1. The number of hydrogen-bond acceptors (Lipinski definition) is 3. The fraction of sp³-hybridized carbons (Fsp3) is 0.727. The van der Waals surface area contributed by atoms with Gasteiger partial charge in [0.05, 0.1) is 5.69 Å². The van der Waals surface area contributed by atoms with Gasteiger partial charge in [-0.1, -0.05) is 0 Å². The lowest BCUT2D eigenvalue weighted by molar-refractivity contribution is 0.417. The van der Waals surface area contributed by atoms with Crippen LogP contribution in [0, 0.1) is 0 Å². The molecule has 0 radical (unpaired) electrons. The topological polar surface area (TPSA) is 29.9 Å². The van der Waals surface area contributed by atoms with Crippen LogP contribution in [0.4, 0.5) is 0 Å². The lowest BCUT2D eigenvalue weighted by atomic mass is 10.1. The molecule has 0 amide bonds. The predicted molar refractivity (Wildman–Crippen MR) is 65.1 cm³/mol. The van der Waals surface area contributed by atoms with E-state index in [0.29, 0.717) is 12.1 Å². The van der Waals surface area contributed by atoms with Crippen molar-refractivity contribution in [3.63, 3.8) is 0 Å². The quantitative estimate of drug-likeness (QED) is 0.853. The lowest BCUT2D eigenvalue weighted by Crippen LogP contribution is -2.35. The number of nitrogens with zero attached hydrogens (tertiary/aromatic N) is 2. The minimum absolute atomic E-state index is 0.408. The Balaban J connectivity index is 1.91. The third kappa shape index (κ3) is 2.75. The number of aromatic nitrogens is 2. The Labute approximate surface area is 95.6 Å². The third-order valence-corrected chi connectivity index (χ3v) is 4.06. The molecule has 1 atom stereocenters. The highest BCUT2D eigenvalue weighted by Gasteiger charge is 2.17. The van der Waals surface area contributed by atoms with Crippen LogP contribution in [0.2, 0.25) is 0 Å². The summed E-state index contributed by atoms with van der Waals surface area (Å²) in [7, 11) is 2.00. The van der Waals surface area contributed by atoms with Gasteiger partial charge in [0.1, 0.15) is 0 Å². The van der Waals surface area contributed by atoms with E-state index in [-0.39, 0.29) is 0 Å². The van der Waals surface area contributed by atoms with Crippen molar-refractivity contribution in [3.8, 4) is 0 Å². The number of nitrogens with one attached hydrogen (secondary N) is 1. The lowest BCUT2D eigenvalue weighted by Gasteiger charge is -2.26. The zero-order valence-electron chi connectivity index (χ0n) is 9.44. The molecule has 2 rings (SSSR count). The molecule has 2 heterocycles. The van der Waals surface area contributed by atoms with E-state index >= 15 is 0 Å². The molecule has 1 unspecified atom stereocenters. The Kier molecular flexibility index (Phi) is 3.70. The smallest absolute Gasteiger partial charge is 0.0547 e. The first-order valence-corrected chi connectivity index (χ1v) is 6.74. The Bertz CT molecular complexity index is 305. The summed E-state index contributed by atoms with van der Waals surface area (Å²) in [5.41, 5.74) is 1.27. The van der Waals surface area contributed by atoms with Gasteiger partial charge in [-0.05, 0) is 37.3 Å². The van der Waals surface area contributed by atoms with Crippen molar-refractivity contribution < 1.29 is 0 Å². The zero-order chi connectivity index (χ0) is 10.7. The normalized spacial score (nSPS) is 20.4. The standard InChI is InChI=1S/C11H19N3S/c1-9(11-3-6-12-14(11)2)13-10-4-7-15-8-5-10/h3,6,9-10,13H,4-5,7-8H2,1-2H3. The maximum atomic E-state index is 4.20. The predicted octanol–water partition coefficient (Wildman–Crippen LogP) is 1.97. The van der Waals surface area contributed by atoms with Gasteiger partial charge in [0.25, 0.3) is 0 Å². The summed E-state index contributed by atoms with van der Waals surface area (Å²) < 4.78 is 1.95. The molecule has 84 valence electrons. The van der Waals surface area contributed by atoms with Crippen LogP contribution in [0.3, 0.4) is 0 Å². The first kappa shape index (κ1) is 11.0. The second kappa shape index (κ2) is 5.03. The van der Waals surface area contributed by atoms with Crippen LogP contribution in [0.1, 0.15) is 31.5 Å². The number of aryl methyl sites for hydroxylation is 1. The fourth-order valence-electron chi connectivity index (χ4n) is 2.11. The largest absolute Gasteiger partial charge is 0.306 e. The van der Waals surface area contributed by atoms with Crippen molar-refractivity contribution >= 4 is 11.8 Å². The molecule has 1 fully saturated rings. The molecule has 0 aromatic carbocycles. The second-order valence-corrected chi connectivity index (χ2v) is 5.38. The molecule has 0 aliphatic carbocycles. The van der Waals surface area contributed by atoms with E-state index < -0.39 is 0 Å². The maximum Gasteiger partial charge on any atom is 0.0547 e. The van der Waals surface area contributed by atoms with Gasteiger partial charge in [0.15, 0.2) is 0 Å². The Morgan fingerprint density at radius 1 is 1.53 bits per heavy atom. The van der Waals surface area contributed by atoms with Crippen LogP contribution in [-0.4, -0.2) is 27.3 Å². The number of hydrogen-bond donors (Lipinski definition) is 1. The highest BCUT2D eigenvalue weighted by Crippen LogP contribution is 2.20. The van der Waals surface area contributed by atoms with Crippen LogP contribution >= 0.6 is 11.8 Å². The van der Waals surface area contributed by atoms with Crippen molar-refractivity contribution in [2.45, 2.75) is 31.8 Å². The van der Waals surface area contributed by atoms with Gasteiger partial charge in [0.2, 0.25) is 0 Å². The Hall–Kier alpha value is -0.480. The average Bonchev–Trinajstić information content (AvgIpc) is 2.66. The molecule has 1 aliphatic rings. The summed E-state index contributed by atoms with van der Waals surface area (Å²) in [5, 5.41) is 7.89. The minimum atomic E-state index is 0.408. The van der Waals surface area contributed by atoms with E-state index in [0.717, 1.165) is 0 Å². The van der Waals surface area contributed by atoms with E-state index in [1.54, 1.807) is 0 Å². The zero-order valence-corrected chi connectivity index (χ0v) is 10.3. The summed E-state index contributed by atoms with van der Waals surface area (Å²) in [5.74, 6) is 2.60. The van der Waals surface area contributed by atoms with E-state index in [1.807, 2.05) is 17.9 Å². The van der Waals surface area contributed by atoms with Gasteiger partial charge in [-0.3, -0.25) is 4.68 Å². The summed E-state index contributed by atoms with van der Waals surface area (Å²) in [6, 6.07) is 3.19. The highest BCUT2D eigenvalue weighted by molar-refractivity contribution is 7.99. The van der Waals surface area contributed by atoms with Crippen molar-refractivity contribution in [3.05, 3.63) is 18.0 Å². The van der Waals surface area contributed by atoms with Crippen molar-refractivity contribution in [2.75, 3.05) is 11.5 Å². The van der Waals surface area contributed by atoms with Crippen LogP contribution in [0.15, 0.2) is 12.3 Å². The van der Waals surface area contributed by atoms with Gasteiger partial charge < -0.3 is 5.32 Å². The van der Waals surface area contributed by atoms with E-state index in [1.165, 1.54) is 30.0 Å². The summed E-state index contributed by atoms with van der Waals surface area (Å²) in [4.78, 5) is 0. The molecule has 4 heteroatoms. The molecular formula is C11H19N3S. The first-order valence-electron chi connectivity index (χ1n) is 5.59. The monoisotopic (exact) mass is 225 g/mol. The maximum absolute atomic E-state index is 4.20. The van der Waals surface area contributed by atoms with Gasteiger partial charge in [0, 0.05) is 25.3 Å². The second-order valence-electron chi connectivity index (χ2n) is 4.15. The van der Waals surface area contributed by atoms with Gasteiger partial charge in [-0.25, -0.2) is 0 Å². The molecule has 1 saturated heterocycles. The van der Waals surface area contributed by atoms with Crippen molar-refractivity contribution in [1.29, 1.82) is 0 Å². The summed E-state index contributed by atoms with van der Waals surface area (Å²) >= 11 is 2.07. The van der Waals surface area contributed by atoms with Gasteiger partial charge >= 0.3 is 0 Å². The van der Waals surface area contributed by atoms with E-state index in [2.05, 4.69) is 35.2 Å². The van der Waals surface area contributed by atoms with Gasteiger partial charge in [-0.15, -0.1) is 0 Å². The first-order chi connectivity index (χ1) is 7.27. The van der Waals surface area contributed by atoms with E-state index in [4.69, 9.17) is 0 Å². The van der Waals surface area contributed by atoms with Crippen molar-refractivity contribution in [1.82, 2.24) is 15.1 Å². The van der Waals surface area contributed by atoms with Crippen LogP contribution < -0.4 is 5.32 Å². The molecule has 1 aromatic rings. The van der Waals surface area contributed by atoms with E-state index in [9.17, 15) is 0 Å².